The van der Waals surface area contributed by atoms with Crippen LogP contribution in [-0.4, -0.2) is 54.8 Å². The highest BCUT2D eigenvalue weighted by Crippen LogP contribution is 2.29. The molecule has 28 heavy (non-hydrogen) atoms. The first-order valence-corrected chi connectivity index (χ1v) is 9.56. The smallest absolute Gasteiger partial charge is 0.311 e. The zero-order chi connectivity index (χ0) is 20.1. The molecule has 1 aromatic carbocycles. The lowest BCUT2D eigenvalue weighted by Crippen LogP contribution is -2.35. The van der Waals surface area contributed by atoms with Gasteiger partial charge in [-0.2, -0.15) is 0 Å². The molecule has 1 aliphatic carbocycles. The highest BCUT2D eigenvalue weighted by molar-refractivity contribution is 5.97. The van der Waals surface area contributed by atoms with Gasteiger partial charge in [-0.25, -0.2) is 0 Å². The number of ether oxygens (including phenoxy) is 1. The fourth-order valence-electron chi connectivity index (χ4n) is 3.79. The zero-order valence-corrected chi connectivity index (χ0v) is 15.9. The fraction of sp³-hybridized carbons (Fsp3) is 0.500. The summed E-state index contributed by atoms with van der Waals surface area (Å²) in [6.07, 6.45) is 4.36. The molecule has 0 bridgehead atoms. The van der Waals surface area contributed by atoms with E-state index in [4.69, 9.17) is 4.74 Å². The van der Waals surface area contributed by atoms with Crippen LogP contribution in [0.4, 0.5) is 5.69 Å². The fourth-order valence-corrected chi connectivity index (χ4v) is 3.79. The Morgan fingerprint density at radius 1 is 1.21 bits per heavy atom. The van der Waals surface area contributed by atoms with E-state index < -0.39 is 24.4 Å². The van der Waals surface area contributed by atoms with E-state index in [1.165, 1.54) is 13.1 Å². The Kier molecular flexibility index (Phi) is 6.28. The average Bonchev–Trinajstić information content (AvgIpc) is 3.35. The van der Waals surface area contributed by atoms with Gasteiger partial charge in [-0.3, -0.25) is 19.2 Å². The van der Waals surface area contributed by atoms with Crippen molar-refractivity contribution < 1.29 is 23.9 Å². The summed E-state index contributed by atoms with van der Waals surface area (Å²) in [5, 5.41) is 5.10. The van der Waals surface area contributed by atoms with Crippen LogP contribution in [0, 0.1) is 5.92 Å². The molecule has 2 N–H and O–H groups in total. The minimum absolute atomic E-state index is 0.00989. The minimum atomic E-state index is -0.525. The predicted molar refractivity (Wildman–Crippen MR) is 101 cm³/mol. The van der Waals surface area contributed by atoms with Gasteiger partial charge in [-0.15, -0.1) is 0 Å². The van der Waals surface area contributed by atoms with E-state index in [1.54, 1.807) is 23.1 Å². The summed E-state index contributed by atoms with van der Waals surface area (Å²) >= 11 is 0. The average molecular weight is 387 g/mol. The molecular formula is C20H25N3O5. The van der Waals surface area contributed by atoms with Gasteiger partial charge in [0.1, 0.15) is 0 Å². The van der Waals surface area contributed by atoms with Crippen molar-refractivity contribution in [2.24, 2.45) is 5.92 Å². The van der Waals surface area contributed by atoms with E-state index in [1.807, 2.05) is 0 Å². The maximum atomic E-state index is 12.3. The lowest BCUT2D eigenvalue weighted by Gasteiger charge is -2.23. The second kappa shape index (κ2) is 8.86. The van der Waals surface area contributed by atoms with Crippen LogP contribution >= 0.6 is 0 Å². The highest BCUT2D eigenvalue weighted by atomic mass is 16.5. The molecule has 0 aromatic heterocycles. The summed E-state index contributed by atoms with van der Waals surface area (Å²) in [6.45, 7) is -0.0602. The van der Waals surface area contributed by atoms with Crippen LogP contribution in [0.1, 0.15) is 42.5 Å². The first-order valence-electron chi connectivity index (χ1n) is 9.56. The third kappa shape index (κ3) is 4.68. The van der Waals surface area contributed by atoms with Gasteiger partial charge in [0, 0.05) is 37.3 Å². The molecule has 1 heterocycles. The van der Waals surface area contributed by atoms with Crippen molar-refractivity contribution in [2.45, 2.75) is 38.1 Å². The number of benzene rings is 1. The number of nitrogens with one attached hydrogen (secondary N) is 2. The van der Waals surface area contributed by atoms with Gasteiger partial charge in [-0.1, -0.05) is 18.9 Å². The number of hydrogen-bond acceptors (Lipinski definition) is 5. The molecule has 1 atom stereocenters. The molecule has 150 valence electrons. The molecule has 0 unspecified atom stereocenters. The molecule has 0 spiro atoms. The van der Waals surface area contributed by atoms with Gasteiger partial charge in [0.05, 0.1) is 5.92 Å². The molecule has 1 aromatic rings. The van der Waals surface area contributed by atoms with Crippen molar-refractivity contribution in [2.75, 3.05) is 25.5 Å². The van der Waals surface area contributed by atoms with Gasteiger partial charge >= 0.3 is 5.97 Å². The zero-order valence-electron chi connectivity index (χ0n) is 15.9. The van der Waals surface area contributed by atoms with Crippen LogP contribution in [-0.2, 0) is 19.1 Å². The summed E-state index contributed by atoms with van der Waals surface area (Å²) in [7, 11) is 1.52. The number of amides is 3. The lowest BCUT2D eigenvalue weighted by atomic mass is 10.1. The number of esters is 1. The number of anilines is 1. The molecule has 1 aliphatic heterocycles. The van der Waals surface area contributed by atoms with Gasteiger partial charge in [-0.05, 0) is 31.0 Å². The Hall–Kier alpha value is -2.90. The van der Waals surface area contributed by atoms with Crippen molar-refractivity contribution in [3.63, 3.8) is 0 Å². The summed E-state index contributed by atoms with van der Waals surface area (Å²) in [6, 6.07) is 6.69. The Bertz CT molecular complexity index is 773. The van der Waals surface area contributed by atoms with Crippen LogP contribution in [0.2, 0.25) is 0 Å². The molecule has 0 radical (unpaired) electrons. The summed E-state index contributed by atoms with van der Waals surface area (Å²) in [5.74, 6) is -1.82. The standard InChI is InChI=1S/C20H25N3O5/c1-21-19(26)13-5-4-6-15(9-13)22-17(24)12-28-20(27)14-10-18(25)23(11-14)16-7-2-3-8-16/h4-6,9,14,16H,2-3,7-8,10-12H2,1H3,(H,21,26)(H,22,24)/t14-/m0/s1. The topological polar surface area (TPSA) is 105 Å². The molecule has 8 nitrogen and oxygen atoms in total. The third-order valence-electron chi connectivity index (χ3n) is 5.24. The normalized spacial score (nSPS) is 19.5. The van der Waals surface area contributed by atoms with Crippen molar-refractivity contribution in [1.82, 2.24) is 10.2 Å². The number of carbonyl (C=O) groups is 4. The second-order valence-electron chi connectivity index (χ2n) is 7.20. The summed E-state index contributed by atoms with van der Waals surface area (Å²) in [5.41, 5.74) is 0.847. The monoisotopic (exact) mass is 387 g/mol. The Balaban J connectivity index is 1.47. The van der Waals surface area contributed by atoms with E-state index in [9.17, 15) is 19.2 Å². The maximum Gasteiger partial charge on any atom is 0.311 e. The maximum absolute atomic E-state index is 12.3. The first kappa shape index (κ1) is 19.9. The number of carbonyl (C=O) groups excluding carboxylic acids is 4. The van der Waals surface area contributed by atoms with Crippen LogP contribution in [0.25, 0.3) is 0 Å². The molecule has 1 saturated carbocycles. The van der Waals surface area contributed by atoms with Gasteiger partial charge < -0.3 is 20.3 Å². The van der Waals surface area contributed by atoms with E-state index in [-0.39, 0.29) is 24.3 Å². The molecular weight excluding hydrogens is 362 g/mol. The van der Waals surface area contributed by atoms with Crippen LogP contribution in [0.5, 0.6) is 0 Å². The molecule has 2 fully saturated rings. The second-order valence-corrected chi connectivity index (χ2v) is 7.20. The highest BCUT2D eigenvalue weighted by Gasteiger charge is 2.39. The number of likely N-dealkylation sites (tertiary alicyclic amines) is 1. The SMILES string of the molecule is CNC(=O)c1cccc(NC(=O)COC(=O)[C@H]2CC(=O)N(C3CCCC3)C2)c1. The largest absolute Gasteiger partial charge is 0.455 e. The van der Waals surface area contributed by atoms with Crippen molar-refractivity contribution >= 4 is 29.4 Å². The van der Waals surface area contributed by atoms with Crippen LogP contribution < -0.4 is 10.6 Å². The van der Waals surface area contributed by atoms with E-state index in [2.05, 4.69) is 10.6 Å². The van der Waals surface area contributed by atoms with Crippen molar-refractivity contribution in [3.05, 3.63) is 29.8 Å². The molecule has 1 saturated heterocycles. The van der Waals surface area contributed by atoms with Gasteiger partial charge in [0.2, 0.25) is 5.91 Å². The predicted octanol–water partition coefficient (Wildman–Crippen LogP) is 1.32. The third-order valence-corrected chi connectivity index (χ3v) is 5.24. The van der Waals surface area contributed by atoms with Gasteiger partial charge in [0.25, 0.3) is 11.8 Å². The molecule has 8 heteroatoms. The first-order chi connectivity index (χ1) is 13.5. The Labute approximate surface area is 163 Å². The Morgan fingerprint density at radius 3 is 2.68 bits per heavy atom. The number of hydrogen-bond donors (Lipinski definition) is 2. The Morgan fingerprint density at radius 2 is 1.96 bits per heavy atom. The summed E-state index contributed by atoms with van der Waals surface area (Å²) < 4.78 is 5.11. The van der Waals surface area contributed by atoms with E-state index in [0.717, 1.165) is 25.7 Å². The number of rotatable bonds is 6. The van der Waals surface area contributed by atoms with Crippen LogP contribution in [0.15, 0.2) is 24.3 Å². The van der Waals surface area contributed by atoms with Crippen molar-refractivity contribution in [3.8, 4) is 0 Å². The lowest BCUT2D eigenvalue weighted by molar-refractivity contribution is -0.151. The van der Waals surface area contributed by atoms with Crippen molar-refractivity contribution in [1.29, 1.82) is 0 Å². The minimum Gasteiger partial charge on any atom is -0.455 e. The van der Waals surface area contributed by atoms with Gasteiger partial charge in [0.15, 0.2) is 6.61 Å². The van der Waals surface area contributed by atoms with E-state index >= 15 is 0 Å². The summed E-state index contributed by atoms with van der Waals surface area (Å²) in [4.78, 5) is 49.9. The quantitative estimate of drug-likeness (QED) is 0.717. The number of nitrogens with zero attached hydrogens (tertiary/aromatic N) is 1. The molecule has 3 rings (SSSR count). The van der Waals surface area contributed by atoms with Crippen LogP contribution in [0.3, 0.4) is 0 Å². The van der Waals surface area contributed by atoms with E-state index in [0.29, 0.717) is 17.8 Å². The molecule has 3 amide bonds. The molecule has 2 aliphatic rings.